The molecule has 1 atom stereocenters. The molecule has 1 amide bonds. The molecule has 0 unspecified atom stereocenters. The van der Waals surface area contributed by atoms with Gasteiger partial charge in [-0.3, -0.25) is 9.59 Å². The largest absolute Gasteiger partial charge is 0.457 e. The highest BCUT2D eigenvalue weighted by Crippen LogP contribution is 2.34. The number of sulfone groups is 1. The number of nitrogens with two attached hydrogens (primary N) is 1. The van der Waals surface area contributed by atoms with Crippen LogP contribution in [0.3, 0.4) is 0 Å². The molecule has 1 fully saturated rings. The average Bonchev–Trinajstić information content (AvgIpc) is 2.63. The molecule has 2 heterocycles. The zero-order valence-electron chi connectivity index (χ0n) is 16.2. The van der Waals surface area contributed by atoms with Gasteiger partial charge in [-0.1, -0.05) is 0 Å². The minimum Gasteiger partial charge on any atom is -0.457 e. The summed E-state index contributed by atoms with van der Waals surface area (Å²) < 4.78 is 55.8. The first-order valence-electron chi connectivity index (χ1n) is 8.86. The molecule has 1 aliphatic heterocycles. The lowest BCUT2D eigenvalue weighted by Gasteiger charge is -2.42. The molecule has 3 N–H and O–H groups in total. The number of pyridine rings is 1. The molecule has 30 heavy (non-hydrogen) atoms. The van der Waals surface area contributed by atoms with Crippen molar-refractivity contribution in [2.45, 2.75) is 29.5 Å². The standard InChI is InChI=1S/C18H21N3O7S2/c1-18(2)16(17(19)23)21(9-10-29(18,24)25)30(26,27)14-5-3-12(4-6-14)28-13-7-8-20-15(22)11-13/h3-8,11,16H,9-10H2,1-2H3,(H2,19,23)(H,20,22)/t16-/m0/s1. The van der Waals surface area contributed by atoms with E-state index in [2.05, 4.69) is 4.98 Å². The molecule has 0 saturated carbocycles. The summed E-state index contributed by atoms with van der Waals surface area (Å²) in [4.78, 5) is 25.7. The summed E-state index contributed by atoms with van der Waals surface area (Å²) in [5.41, 5.74) is 5.04. The molecule has 3 rings (SSSR count). The van der Waals surface area contributed by atoms with E-state index in [0.717, 1.165) is 4.31 Å². The quantitative estimate of drug-likeness (QED) is 0.653. The highest BCUT2D eigenvalue weighted by molar-refractivity contribution is 7.93. The molecule has 0 bridgehead atoms. The van der Waals surface area contributed by atoms with Crippen LogP contribution in [0.2, 0.25) is 0 Å². The predicted molar refractivity (Wildman–Crippen MR) is 108 cm³/mol. The molecule has 0 aliphatic carbocycles. The highest BCUT2D eigenvalue weighted by Gasteiger charge is 2.54. The SMILES string of the molecule is CC1(C)[C@H](C(N)=O)N(S(=O)(=O)c2ccc(Oc3cc[nH]c(=O)c3)cc2)CCS1(=O)=O. The van der Waals surface area contributed by atoms with Crippen LogP contribution in [0.1, 0.15) is 13.8 Å². The van der Waals surface area contributed by atoms with E-state index in [1.807, 2.05) is 0 Å². The molecule has 10 nitrogen and oxygen atoms in total. The van der Waals surface area contributed by atoms with Gasteiger partial charge in [-0.2, -0.15) is 4.31 Å². The molecule has 162 valence electrons. The first-order valence-corrected chi connectivity index (χ1v) is 12.0. The Balaban J connectivity index is 1.93. The van der Waals surface area contributed by atoms with Gasteiger partial charge in [0.1, 0.15) is 17.5 Å². The molecule has 1 saturated heterocycles. The Bertz CT molecular complexity index is 1230. The van der Waals surface area contributed by atoms with Crippen molar-refractivity contribution in [3.63, 3.8) is 0 Å². The fourth-order valence-electron chi connectivity index (χ4n) is 3.30. The molecule has 0 spiro atoms. The van der Waals surface area contributed by atoms with E-state index in [-0.39, 0.29) is 28.5 Å². The number of benzene rings is 1. The van der Waals surface area contributed by atoms with Crippen molar-refractivity contribution in [1.82, 2.24) is 9.29 Å². The Kier molecular flexibility index (Phi) is 5.52. The predicted octanol–water partition coefficient (Wildman–Crippen LogP) is 0.219. The Labute approximate surface area is 173 Å². The normalized spacial score (nSPS) is 21.1. The lowest BCUT2D eigenvalue weighted by Crippen LogP contribution is -2.66. The third-order valence-corrected chi connectivity index (χ3v) is 9.44. The van der Waals surface area contributed by atoms with Crippen molar-refractivity contribution in [2.24, 2.45) is 5.73 Å². The minimum absolute atomic E-state index is 0.151. The van der Waals surface area contributed by atoms with E-state index in [9.17, 15) is 26.4 Å². The number of nitrogens with zero attached hydrogens (tertiary/aromatic N) is 1. The van der Waals surface area contributed by atoms with E-state index in [4.69, 9.17) is 10.5 Å². The number of ether oxygens (including phenoxy) is 1. The number of carbonyl (C=O) groups excluding carboxylic acids is 1. The third kappa shape index (κ3) is 3.85. The van der Waals surface area contributed by atoms with Gasteiger partial charge in [0.2, 0.25) is 15.9 Å². The van der Waals surface area contributed by atoms with Gasteiger partial charge in [0.05, 0.1) is 15.4 Å². The summed E-state index contributed by atoms with van der Waals surface area (Å²) in [7, 11) is -7.95. The summed E-state index contributed by atoms with van der Waals surface area (Å²) >= 11 is 0. The van der Waals surface area contributed by atoms with Crippen LogP contribution in [0.15, 0.2) is 52.3 Å². The van der Waals surface area contributed by atoms with Crippen molar-refractivity contribution >= 4 is 25.8 Å². The van der Waals surface area contributed by atoms with E-state index in [1.165, 1.54) is 56.4 Å². The Morgan fingerprint density at radius 2 is 1.83 bits per heavy atom. The van der Waals surface area contributed by atoms with Crippen LogP contribution >= 0.6 is 0 Å². The number of aromatic nitrogens is 1. The fourth-order valence-corrected chi connectivity index (χ4v) is 6.76. The number of H-pyrrole nitrogens is 1. The molecular formula is C18H21N3O7S2. The second-order valence-corrected chi connectivity index (χ2v) is 11.9. The molecule has 0 radical (unpaired) electrons. The lowest BCUT2D eigenvalue weighted by atomic mass is 10.0. The molecule has 12 heteroatoms. The lowest BCUT2D eigenvalue weighted by molar-refractivity contribution is -0.122. The second kappa shape index (κ2) is 7.52. The van der Waals surface area contributed by atoms with Gasteiger partial charge in [-0.25, -0.2) is 16.8 Å². The van der Waals surface area contributed by atoms with Crippen molar-refractivity contribution in [3.05, 3.63) is 52.9 Å². The molecule has 1 aromatic heterocycles. The summed E-state index contributed by atoms with van der Waals surface area (Å²) in [6.45, 7) is 2.20. The van der Waals surface area contributed by atoms with Crippen molar-refractivity contribution < 1.29 is 26.4 Å². The number of hydrogen-bond donors (Lipinski definition) is 2. The summed E-state index contributed by atoms with van der Waals surface area (Å²) in [5.74, 6) is -0.910. The molecular weight excluding hydrogens is 434 g/mol. The van der Waals surface area contributed by atoms with E-state index in [0.29, 0.717) is 0 Å². The van der Waals surface area contributed by atoms with Crippen molar-refractivity contribution in [2.75, 3.05) is 12.3 Å². The van der Waals surface area contributed by atoms with Crippen LogP contribution in [0.5, 0.6) is 11.5 Å². The first-order chi connectivity index (χ1) is 13.9. The van der Waals surface area contributed by atoms with Crippen molar-refractivity contribution in [1.29, 1.82) is 0 Å². The van der Waals surface area contributed by atoms with Crippen LogP contribution in [0, 0.1) is 0 Å². The number of nitrogens with one attached hydrogen (secondary N) is 1. The van der Waals surface area contributed by atoms with Gasteiger partial charge in [0.25, 0.3) is 5.56 Å². The van der Waals surface area contributed by atoms with Crippen LogP contribution in [0.4, 0.5) is 0 Å². The maximum atomic E-state index is 13.2. The van der Waals surface area contributed by atoms with Crippen LogP contribution < -0.4 is 16.0 Å². The maximum absolute atomic E-state index is 13.2. The van der Waals surface area contributed by atoms with Gasteiger partial charge < -0.3 is 15.5 Å². The van der Waals surface area contributed by atoms with Gasteiger partial charge in [-0.15, -0.1) is 0 Å². The number of aromatic amines is 1. The van der Waals surface area contributed by atoms with E-state index < -0.39 is 42.3 Å². The summed E-state index contributed by atoms with van der Waals surface area (Å²) in [6.07, 6.45) is 1.41. The number of hydrogen-bond acceptors (Lipinski definition) is 7. The number of primary amides is 1. The zero-order chi connectivity index (χ0) is 22.3. The number of rotatable bonds is 5. The minimum atomic E-state index is -4.22. The topological polar surface area (TPSA) is 157 Å². The highest BCUT2D eigenvalue weighted by atomic mass is 32.2. The van der Waals surface area contributed by atoms with Gasteiger partial charge in [-0.05, 0) is 44.2 Å². The monoisotopic (exact) mass is 455 g/mol. The summed E-state index contributed by atoms with van der Waals surface area (Å²) in [5, 5.41) is 0. The van der Waals surface area contributed by atoms with Crippen molar-refractivity contribution in [3.8, 4) is 11.5 Å². The summed E-state index contributed by atoms with van der Waals surface area (Å²) in [6, 6.07) is 6.53. The number of carbonyl (C=O) groups is 1. The zero-order valence-corrected chi connectivity index (χ0v) is 17.9. The Hall–Kier alpha value is -2.70. The smallest absolute Gasteiger partial charge is 0.251 e. The molecule has 1 aromatic carbocycles. The first kappa shape index (κ1) is 22.0. The van der Waals surface area contributed by atoms with Crippen LogP contribution in [0.25, 0.3) is 0 Å². The Morgan fingerprint density at radius 3 is 2.40 bits per heavy atom. The molecule has 1 aliphatic rings. The van der Waals surface area contributed by atoms with Gasteiger partial charge >= 0.3 is 0 Å². The van der Waals surface area contributed by atoms with E-state index in [1.54, 1.807) is 0 Å². The average molecular weight is 456 g/mol. The van der Waals surface area contributed by atoms with Gasteiger partial charge in [0, 0.05) is 18.8 Å². The maximum Gasteiger partial charge on any atom is 0.251 e. The van der Waals surface area contributed by atoms with Crippen LogP contribution in [-0.4, -0.2) is 55.1 Å². The van der Waals surface area contributed by atoms with Gasteiger partial charge in [0.15, 0.2) is 9.84 Å². The second-order valence-electron chi connectivity index (χ2n) is 7.31. The number of sulfonamides is 1. The molecule has 2 aromatic rings. The third-order valence-electron chi connectivity index (χ3n) is 5.01. The fraction of sp³-hybridized carbons (Fsp3) is 0.333. The van der Waals surface area contributed by atoms with Crippen LogP contribution in [-0.2, 0) is 24.7 Å². The van der Waals surface area contributed by atoms with E-state index >= 15 is 0 Å². The Morgan fingerprint density at radius 1 is 1.20 bits per heavy atom. The number of amides is 1.